The van der Waals surface area contributed by atoms with Gasteiger partial charge in [0.2, 0.25) is 0 Å². The van der Waals surface area contributed by atoms with Gasteiger partial charge in [-0.1, -0.05) is 0 Å². The van der Waals surface area contributed by atoms with Crippen LogP contribution in [0.25, 0.3) is 11.0 Å². The number of H-pyrrole nitrogens is 1. The number of nitrogens with one attached hydrogen (secondary N) is 2. The van der Waals surface area contributed by atoms with Gasteiger partial charge in [0, 0.05) is 5.69 Å². The Bertz CT molecular complexity index is 480. The van der Waals surface area contributed by atoms with Gasteiger partial charge in [-0.15, -0.1) is 0 Å². The highest BCUT2D eigenvalue weighted by Gasteiger charge is 2.03. The molecule has 1 amide bonds. The third-order valence-electron chi connectivity index (χ3n) is 1.84. The SMILES string of the molecule is CCOC(=O)Nc1ccc2n[nH]nc2c1. The van der Waals surface area contributed by atoms with Crippen LogP contribution in [0.1, 0.15) is 6.92 Å². The van der Waals surface area contributed by atoms with Crippen molar-refractivity contribution in [3.05, 3.63) is 18.2 Å². The fraction of sp³-hybridized carbons (Fsp3) is 0.222. The summed E-state index contributed by atoms with van der Waals surface area (Å²) in [5, 5.41) is 12.9. The summed E-state index contributed by atoms with van der Waals surface area (Å²) in [4.78, 5) is 11.1. The molecule has 0 unspecified atom stereocenters. The molecule has 1 aromatic carbocycles. The maximum absolute atomic E-state index is 11.1. The molecule has 0 spiro atoms. The average molecular weight is 206 g/mol. The second kappa shape index (κ2) is 3.95. The van der Waals surface area contributed by atoms with Crippen molar-refractivity contribution in [1.82, 2.24) is 15.4 Å². The van der Waals surface area contributed by atoms with E-state index >= 15 is 0 Å². The van der Waals surface area contributed by atoms with Crippen molar-refractivity contribution in [3.63, 3.8) is 0 Å². The highest BCUT2D eigenvalue weighted by atomic mass is 16.5. The second-order valence-corrected chi connectivity index (χ2v) is 2.87. The Morgan fingerprint density at radius 3 is 3.07 bits per heavy atom. The normalized spacial score (nSPS) is 10.2. The molecule has 0 fully saturated rings. The number of aromatic nitrogens is 3. The predicted molar refractivity (Wildman–Crippen MR) is 54.5 cm³/mol. The molecule has 0 aliphatic rings. The number of carbonyl (C=O) groups is 1. The fourth-order valence-electron chi connectivity index (χ4n) is 1.20. The van der Waals surface area contributed by atoms with Gasteiger partial charge in [0.1, 0.15) is 11.0 Å². The van der Waals surface area contributed by atoms with E-state index in [0.717, 1.165) is 5.52 Å². The Hall–Kier alpha value is -2.11. The zero-order valence-electron chi connectivity index (χ0n) is 8.15. The first-order chi connectivity index (χ1) is 7.29. The summed E-state index contributed by atoms with van der Waals surface area (Å²) in [6.07, 6.45) is -0.472. The van der Waals surface area contributed by atoms with Crippen molar-refractivity contribution >= 4 is 22.8 Å². The van der Waals surface area contributed by atoms with E-state index in [2.05, 4.69) is 20.7 Å². The minimum atomic E-state index is -0.472. The molecule has 0 radical (unpaired) electrons. The largest absolute Gasteiger partial charge is 0.450 e. The fourth-order valence-corrected chi connectivity index (χ4v) is 1.20. The highest BCUT2D eigenvalue weighted by molar-refractivity contribution is 5.88. The molecule has 2 aromatic rings. The lowest BCUT2D eigenvalue weighted by molar-refractivity contribution is 0.168. The summed E-state index contributed by atoms with van der Waals surface area (Å²) in [5.74, 6) is 0. The van der Waals surface area contributed by atoms with Crippen LogP contribution < -0.4 is 5.32 Å². The molecule has 78 valence electrons. The zero-order chi connectivity index (χ0) is 10.7. The van der Waals surface area contributed by atoms with Crippen LogP contribution in [0, 0.1) is 0 Å². The molecular weight excluding hydrogens is 196 g/mol. The van der Waals surface area contributed by atoms with Gasteiger partial charge >= 0.3 is 6.09 Å². The Labute approximate surface area is 85.6 Å². The molecule has 2 rings (SSSR count). The lowest BCUT2D eigenvalue weighted by Gasteiger charge is -2.03. The molecule has 1 aromatic heterocycles. The van der Waals surface area contributed by atoms with Crippen LogP contribution in [0.4, 0.5) is 10.5 Å². The molecule has 0 aliphatic heterocycles. The average Bonchev–Trinajstić information content (AvgIpc) is 2.65. The number of hydrogen-bond donors (Lipinski definition) is 2. The van der Waals surface area contributed by atoms with Crippen molar-refractivity contribution in [1.29, 1.82) is 0 Å². The predicted octanol–water partition coefficient (Wildman–Crippen LogP) is 1.53. The molecular formula is C9H10N4O2. The molecule has 15 heavy (non-hydrogen) atoms. The lowest BCUT2D eigenvalue weighted by atomic mass is 10.3. The Kier molecular flexibility index (Phi) is 2.49. The molecule has 0 bridgehead atoms. The van der Waals surface area contributed by atoms with Gasteiger partial charge in [-0.3, -0.25) is 5.32 Å². The van der Waals surface area contributed by atoms with E-state index in [0.29, 0.717) is 17.8 Å². The Balaban J connectivity index is 2.17. The van der Waals surface area contributed by atoms with Crippen LogP contribution in [0.15, 0.2) is 18.2 Å². The molecule has 0 saturated heterocycles. The lowest BCUT2D eigenvalue weighted by Crippen LogP contribution is -2.13. The van der Waals surface area contributed by atoms with Crippen molar-refractivity contribution in [2.45, 2.75) is 6.92 Å². The van der Waals surface area contributed by atoms with E-state index < -0.39 is 6.09 Å². The van der Waals surface area contributed by atoms with Gasteiger partial charge in [-0.25, -0.2) is 4.79 Å². The smallest absolute Gasteiger partial charge is 0.411 e. The minimum absolute atomic E-state index is 0.345. The molecule has 0 atom stereocenters. The number of benzene rings is 1. The summed E-state index contributed by atoms with van der Waals surface area (Å²) in [7, 11) is 0. The first-order valence-corrected chi connectivity index (χ1v) is 4.54. The number of nitrogens with zero attached hydrogens (tertiary/aromatic N) is 2. The van der Waals surface area contributed by atoms with Crippen LogP contribution in [0.2, 0.25) is 0 Å². The summed E-state index contributed by atoms with van der Waals surface area (Å²) >= 11 is 0. The molecule has 6 heteroatoms. The van der Waals surface area contributed by atoms with E-state index in [9.17, 15) is 4.79 Å². The first kappa shape index (κ1) is 9.45. The van der Waals surface area contributed by atoms with Crippen LogP contribution in [0.3, 0.4) is 0 Å². The van der Waals surface area contributed by atoms with Gasteiger partial charge in [-0.2, -0.15) is 15.4 Å². The molecule has 1 heterocycles. The maximum Gasteiger partial charge on any atom is 0.411 e. The minimum Gasteiger partial charge on any atom is -0.450 e. The summed E-state index contributed by atoms with van der Waals surface area (Å²) < 4.78 is 4.75. The second-order valence-electron chi connectivity index (χ2n) is 2.87. The van der Waals surface area contributed by atoms with E-state index in [-0.39, 0.29) is 0 Å². The monoisotopic (exact) mass is 206 g/mol. The van der Waals surface area contributed by atoms with Crippen LogP contribution in [0.5, 0.6) is 0 Å². The number of rotatable bonds is 2. The van der Waals surface area contributed by atoms with E-state index in [4.69, 9.17) is 4.74 Å². The first-order valence-electron chi connectivity index (χ1n) is 4.54. The number of amides is 1. The number of hydrogen-bond acceptors (Lipinski definition) is 4. The van der Waals surface area contributed by atoms with Crippen LogP contribution >= 0.6 is 0 Å². The van der Waals surface area contributed by atoms with Gasteiger partial charge in [0.25, 0.3) is 0 Å². The highest BCUT2D eigenvalue weighted by Crippen LogP contribution is 2.14. The van der Waals surface area contributed by atoms with Gasteiger partial charge in [0.05, 0.1) is 6.61 Å². The van der Waals surface area contributed by atoms with Gasteiger partial charge < -0.3 is 4.74 Å². The topological polar surface area (TPSA) is 79.9 Å². The summed E-state index contributed by atoms with van der Waals surface area (Å²) in [6, 6.07) is 5.22. The van der Waals surface area contributed by atoms with Crippen LogP contribution in [-0.4, -0.2) is 28.1 Å². The molecule has 0 saturated carbocycles. The van der Waals surface area contributed by atoms with Gasteiger partial charge in [0.15, 0.2) is 0 Å². The zero-order valence-corrected chi connectivity index (χ0v) is 8.15. The number of anilines is 1. The Morgan fingerprint density at radius 2 is 2.27 bits per heavy atom. The van der Waals surface area contributed by atoms with Crippen molar-refractivity contribution in [2.75, 3.05) is 11.9 Å². The molecule has 2 N–H and O–H groups in total. The summed E-state index contributed by atoms with van der Waals surface area (Å²) in [5.41, 5.74) is 2.09. The molecule has 0 aliphatic carbocycles. The van der Waals surface area contributed by atoms with E-state index in [1.54, 1.807) is 25.1 Å². The number of aromatic amines is 1. The number of carbonyl (C=O) groups excluding carboxylic acids is 1. The Morgan fingerprint density at radius 1 is 1.47 bits per heavy atom. The quantitative estimate of drug-likeness (QED) is 0.780. The van der Waals surface area contributed by atoms with E-state index in [1.807, 2.05) is 0 Å². The number of ether oxygens (including phenoxy) is 1. The summed E-state index contributed by atoms with van der Waals surface area (Å²) in [6.45, 7) is 2.10. The van der Waals surface area contributed by atoms with Crippen molar-refractivity contribution in [2.24, 2.45) is 0 Å². The molecule has 6 nitrogen and oxygen atoms in total. The van der Waals surface area contributed by atoms with E-state index in [1.165, 1.54) is 0 Å². The number of fused-ring (bicyclic) bond motifs is 1. The van der Waals surface area contributed by atoms with Crippen molar-refractivity contribution in [3.8, 4) is 0 Å². The standard InChI is InChI=1S/C9H10N4O2/c1-2-15-9(14)10-6-3-4-7-8(5-6)12-13-11-7/h3-5H,2H2,1H3,(H,10,14)(H,11,12,13). The maximum atomic E-state index is 11.1. The van der Waals surface area contributed by atoms with Gasteiger partial charge in [-0.05, 0) is 25.1 Å². The van der Waals surface area contributed by atoms with Crippen LogP contribution in [-0.2, 0) is 4.74 Å². The third-order valence-corrected chi connectivity index (χ3v) is 1.84. The van der Waals surface area contributed by atoms with Crippen molar-refractivity contribution < 1.29 is 9.53 Å². The third kappa shape index (κ3) is 2.04.